The van der Waals surface area contributed by atoms with Gasteiger partial charge < -0.3 is 74.3 Å². The van der Waals surface area contributed by atoms with Gasteiger partial charge in [0.1, 0.15) is 41.0 Å². The minimum atomic E-state index is -1.06. The summed E-state index contributed by atoms with van der Waals surface area (Å²) < 4.78 is 25.3. The van der Waals surface area contributed by atoms with Crippen molar-refractivity contribution in [3.63, 3.8) is 0 Å². The number of aromatic amines is 2. The summed E-state index contributed by atoms with van der Waals surface area (Å²) in [7, 11) is 12.0. The van der Waals surface area contributed by atoms with E-state index in [2.05, 4.69) is 176 Å². The number of benzene rings is 6. The third-order valence-electron chi connectivity index (χ3n) is 23.9. The van der Waals surface area contributed by atoms with Gasteiger partial charge in [0.25, 0.3) is 0 Å². The first-order valence-corrected chi connectivity index (χ1v) is 44.0. The zero-order chi connectivity index (χ0) is 91.5. The van der Waals surface area contributed by atoms with E-state index in [4.69, 9.17) is 44.0 Å². The quantitative estimate of drug-likeness (QED) is 0.0324. The number of ether oxygens (including phenoxy) is 5. The molecule has 676 valence electrons. The van der Waals surface area contributed by atoms with Crippen LogP contribution in [0.3, 0.4) is 0 Å². The lowest BCUT2D eigenvalue weighted by atomic mass is 9.95. The Morgan fingerprint density at radius 1 is 0.472 bits per heavy atom. The SMILES string of the molecule is CC[C@H](NC(=O)OC)C(=O)N1CCC[C@H]1C1=NC=C(c2ccc3cc(-c4ccc(-c5cnc([C@@H]6C[C@H](CN(C)C)CN6C(=O)C(NC(=O)OC)C(C)C)[nH]5)cc4)ccc3c2)C1.CN(C)C[C@H]1C[C@@H](c2ncc(-c3ccc(-c4ccc5cc(C6=CN=C([C@@H]7CCCN7C(=O)OC(C)(C)C)C6)ccc5c4)cc3)[nH]2)N(C(=O)OC(C)(C)C)C1.COC(=O)N[C@H](C(=O)O)C(C)C. The minimum Gasteiger partial charge on any atom is -0.480 e. The third kappa shape index (κ3) is 23.5. The van der Waals surface area contributed by atoms with E-state index in [9.17, 15) is 38.4 Å². The van der Waals surface area contributed by atoms with E-state index in [0.717, 1.165) is 153 Å². The molecule has 6 aliphatic rings. The highest BCUT2D eigenvalue weighted by molar-refractivity contribution is 6.06. The zero-order valence-corrected chi connectivity index (χ0v) is 76.5. The maximum atomic E-state index is 14.0. The fourth-order valence-electron chi connectivity index (χ4n) is 17.7. The molecular weight excluding hydrogens is 1610 g/mol. The number of imidazole rings is 2. The summed E-state index contributed by atoms with van der Waals surface area (Å²) in [5.41, 5.74) is 13.7. The molecule has 127 heavy (non-hydrogen) atoms. The van der Waals surface area contributed by atoms with E-state index in [-0.39, 0.29) is 65.9 Å². The largest absolute Gasteiger partial charge is 0.480 e. The third-order valence-corrected chi connectivity index (χ3v) is 23.9. The summed E-state index contributed by atoms with van der Waals surface area (Å²) in [6.07, 6.45) is 12.2. The van der Waals surface area contributed by atoms with Crippen LogP contribution in [0.4, 0.5) is 24.0 Å². The Bertz CT molecular complexity index is 5420. The molecule has 0 spiro atoms. The number of carboxylic acid groups (broad SMARTS) is 1. The van der Waals surface area contributed by atoms with Gasteiger partial charge in [0.15, 0.2) is 0 Å². The molecule has 2 aromatic heterocycles. The van der Waals surface area contributed by atoms with Crippen molar-refractivity contribution in [2.75, 3.05) is 88.8 Å². The molecule has 0 bridgehead atoms. The topological polar surface area (TPSA) is 341 Å². The van der Waals surface area contributed by atoms with Gasteiger partial charge in [-0.05, 0) is 240 Å². The van der Waals surface area contributed by atoms with Crippen LogP contribution >= 0.6 is 0 Å². The average molecular weight is 1740 g/mol. The maximum absolute atomic E-state index is 14.0. The Kier molecular flexibility index (Phi) is 30.3. The first-order valence-electron chi connectivity index (χ1n) is 44.0. The lowest BCUT2D eigenvalue weighted by Gasteiger charge is -2.30. The monoisotopic (exact) mass is 1740 g/mol. The Labute approximate surface area is 744 Å². The molecule has 4 saturated heterocycles. The molecule has 4 fully saturated rings. The number of aromatic nitrogens is 4. The number of nitrogens with zero attached hydrogens (tertiary/aromatic N) is 10. The predicted octanol–water partition coefficient (Wildman–Crippen LogP) is 16.8. The summed E-state index contributed by atoms with van der Waals surface area (Å²) in [5.74, 6) is 0.511. The zero-order valence-electron chi connectivity index (χ0n) is 76.5. The van der Waals surface area contributed by atoms with Crippen molar-refractivity contribution in [1.82, 2.24) is 65.3 Å². The van der Waals surface area contributed by atoms with E-state index in [0.29, 0.717) is 44.9 Å². The molecule has 0 aliphatic carbocycles. The van der Waals surface area contributed by atoms with Crippen molar-refractivity contribution in [3.8, 4) is 44.8 Å². The number of aliphatic carboxylic acids is 1. The highest BCUT2D eigenvalue weighted by atomic mass is 16.6. The van der Waals surface area contributed by atoms with E-state index >= 15 is 0 Å². The fraction of sp³-hybridized carbons (Fsp3) is 0.469. The number of carboxylic acids is 1. The van der Waals surface area contributed by atoms with E-state index in [1.165, 1.54) is 37.7 Å². The Morgan fingerprint density at radius 2 is 0.843 bits per heavy atom. The number of rotatable bonds is 23. The number of carbonyl (C=O) groups is 8. The van der Waals surface area contributed by atoms with E-state index < -0.39 is 53.6 Å². The lowest BCUT2D eigenvalue weighted by Crippen LogP contribution is -2.51. The first-order chi connectivity index (χ1) is 60.4. The number of methoxy groups -OCH3 is 3. The number of allylic oxidation sites excluding steroid dienone is 2. The number of aliphatic imine (C=N–C) groups is 2. The Balaban J connectivity index is 0.000000205. The van der Waals surface area contributed by atoms with E-state index in [1.54, 1.807) is 13.8 Å². The van der Waals surface area contributed by atoms with Crippen molar-refractivity contribution < 1.29 is 67.1 Å². The molecule has 9 atom stereocenters. The van der Waals surface area contributed by atoms with Gasteiger partial charge in [0.2, 0.25) is 11.8 Å². The molecule has 6 N–H and O–H groups in total. The molecule has 29 nitrogen and oxygen atoms in total. The van der Waals surface area contributed by atoms with Crippen molar-refractivity contribution >= 4 is 92.4 Å². The van der Waals surface area contributed by atoms with Crippen LogP contribution in [0.2, 0.25) is 0 Å². The summed E-state index contributed by atoms with van der Waals surface area (Å²) in [4.78, 5) is 137. The van der Waals surface area contributed by atoms with Gasteiger partial charge >= 0.3 is 36.4 Å². The van der Waals surface area contributed by atoms with Crippen LogP contribution in [-0.2, 0) is 38.1 Å². The number of hydrogen-bond acceptors (Lipinski definition) is 19. The normalized spacial score (nSPS) is 19.4. The molecular formula is C98H125N15O14. The number of fused-ring (bicyclic) bond motifs is 2. The van der Waals surface area contributed by atoms with Gasteiger partial charge in [-0.2, -0.15) is 0 Å². The maximum Gasteiger partial charge on any atom is 0.410 e. The molecule has 0 saturated carbocycles. The van der Waals surface area contributed by atoms with Crippen LogP contribution in [0.5, 0.6) is 0 Å². The number of nitrogens with one attached hydrogen (secondary N) is 5. The summed E-state index contributed by atoms with van der Waals surface area (Å²) in [5, 5.41) is 20.8. The number of likely N-dealkylation sites (tertiary alicyclic amines) is 4. The summed E-state index contributed by atoms with van der Waals surface area (Å²) in [6, 6.07) is 40.3. The molecule has 6 aliphatic heterocycles. The van der Waals surface area contributed by atoms with Crippen molar-refractivity contribution in [2.45, 2.75) is 187 Å². The predicted molar refractivity (Wildman–Crippen MR) is 494 cm³/mol. The molecule has 0 radical (unpaired) electrons. The van der Waals surface area contributed by atoms with Crippen LogP contribution in [0.25, 0.3) is 77.5 Å². The molecule has 8 aromatic rings. The van der Waals surface area contributed by atoms with Crippen LogP contribution in [0.1, 0.15) is 169 Å². The van der Waals surface area contributed by atoms with Gasteiger partial charge in [-0.15, -0.1) is 0 Å². The van der Waals surface area contributed by atoms with E-state index in [1.807, 2.05) is 121 Å². The summed E-state index contributed by atoms with van der Waals surface area (Å²) >= 11 is 0. The second-order valence-electron chi connectivity index (χ2n) is 37.0. The molecule has 8 heterocycles. The van der Waals surface area contributed by atoms with Gasteiger partial charge in [-0.3, -0.25) is 29.4 Å². The second kappa shape index (κ2) is 41.0. The van der Waals surface area contributed by atoms with Crippen LogP contribution < -0.4 is 16.0 Å². The molecule has 29 heteroatoms. The van der Waals surface area contributed by atoms with Crippen LogP contribution in [0, 0.1) is 23.7 Å². The number of alkyl carbamates (subject to hydrolysis) is 3. The van der Waals surface area contributed by atoms with Gasteiger partial charge in [0.05, 0.1) is 69.3 Å². The number of H-pyrrole nitrogens is 2. The summed E-state index contributed by atoms with van der Waals surface area (Å²) in [6.45, 7) is 24.8. The second-order valence-corrected chi connectivity index (χ2v) is 37.0. The van der Waals surface area contributed by atoms with Crippen molar-refractivity contribution in [1.29, 1.82) is 0 Å². The Hall–Kier alpha value is -12.2. The van der Waals surface area contributed by atoms with Gasteiger partial charge in [-0.1, -0.05) is 132 Å². The molecule has 1 unspecified atom stereocenters. The number of hydrogen-bond donors (Lipinski definition) is 6. The highest BCUT2D eigenvalue weighted by Gasteiger charge is 2.44. The van der Waals surface area contributed by atoms with Crippen molar-refractivity contribution in [2.24, 2.45) is 33.7 Å². The smallest absolute Gasteiger partial charge is 0.410 e. The molecule has 14 rings (SSSR count). The van der Waals surface area contributed by atoms with Crippen molar-refractivity contribution in [3.05, 3.63) is 169 Å². The van der Waals surface area contributed by atoms with Crippen LogP contribution in [-0.4, -0.2) is 244 Å². The lowest BCUT2D eigenvalue weighted by molar-refractivity contribution is -0.140. The Morgan fingerprint density at radius 3 is 1.25 bits per heavy atom. The minimum absolute atomic E-state index is 0.0130. The molecule has 7 amide bonds. The fourth-order valence-corrected chi connectivity index (χ4v) is 17.7. The highest BCUT2D eigenvalue weighted by Crippen LogP contribution is 2.42. The van der Waals surface area contributed by atoms with Crippen LogP contribution in [0.15, 0.2) is 156 Å². The average Bonchev–Trinajstić information content (AvgIpc) is 1.72. The number of amides is 7. The first kappa shape index (κ1) is 93.9. The van der Waals surface area contributed by atoms with Gasteiger partial charge in [0, 0.05) is 75.9 Å². The number of carbonyl (C=O) groups excluding carboxylic acids is 7. The van der Waals surface area contributed by atoms with Gasteiger partial charge in [-0.25, -0.2) is 38.7 Å². The standard InChI is InChI=1S/C47H58N8O6.C44H54N6O4.C7H13NO4/c1-8-37(51-46(58)60-6)44(56)54-19-9-10-40(54)38-23-36(24-48-38)35-18-17-33-21-32(15-16-34(33)22-35)30-11-13-31(14-12-30)39-25-49-43(50-39)41-20-29(26-53(4)5)27-55(41)45(57)42(28(2)3)52-47(59)61-7;1-43(2,3)53-41(51)49-19-9-10-38(49)36-23-35(24-45-36)34-18-17-32-21-31(15-16-33(32)22-34)29-11-13-30(14-12-29)37-25-46-40(47-37)39-20-28(26-48(7)8)27-50(39)42(52)54-44(4,5)6;1-4(2)5(6(9)10)8-7(11)12-3/h11-18,21-22,24-25,28-29,37,40-42H,8-10,19-20,23,26-27H2,1-7H3,(H,49,50)(H,51,58)(H,52,59);11-18,21-22,24-25,28,38-39H,9-10,19-20,23,26-27H2,1-8H3,(H,46,47);4-5H,1-3H3,(H,8,11)(H,9,10)/t29-,37+,40+,41+,42?;28-,38+,39+;5-/m110/s1. The molecule has 6 aromatic carbocycles.